The molecular formula is C19H22O6. The first-order valence-corrected chi connectivity index (χ1v) is 8.07. The molecule has 0 spiro atoms. The minimum Gasteiger partial charge on any atom is -0.466 e. The summed E-state index contributed by atoms with van der Waals surface area (Å²) >= 11 is 0. The summed E-state index contributed by atoms with van der Waals surface area (Å²) in [5.41, 5.74) is -0.0467. The topological polar surface area (TPSA) is 71.1 Å². The monoisotopic (exact) mass is 346 g/mol. The number of hydrogen-bond acceptors (Lipinski definition) is 6. The first-order chi connectivity index (χ1) is 12.0. The Balaban J connectivity index is 2.22. The summed E-state index contributed by atoms with van der Waals surface area (Å²) in [6, 6.07) is 9.64. The lowest BCUT2D eigenvalue weighted by Crippen LogP contribution is -2.69. The third kappa shape index (κ3) is 2.28. The third-order valence-electron chi connectivity index (χ3n) is 5.43. The first kappa shape index (κ1) is 17.8. The maximum atomic E-state index is 13.4. The van der Waals surface area contributed by atoms with Crippen LogP contribution in [0.4, 0.5) is 0 Å². The van der Waals surface area contributed by atoms with Gasteiger partial charge >= 0.3 is 5.97 Å². The van der Waals surface area contributed by atoms with Gasteiger partial charge in [0.25, 0.3) is 0 Å². The van der Waals surface area contributed by atoms with Gasteiger partial charge < -0.3 is 18.9 Å². The second-order valence-electron chi connectivity index (χ2n) is 6.24. The van der Waals surface area contributed by atoms with Crippen LogP contribution in [0.15, 0.2) is 42.0 Å². The van der Waals surface area contributed by atoms with E-state index in [-0.39, 0.29) is 11.7 Å². The highest BCUT2D eigenvalue weighted by molar-refractivity contribution is 6.04. The van der Waals surface area contributed by atoms with Crippen molar-refractivity contribution in [2.24, 2.45) is 5.92 Å². The van der Waals surface area contributed by atoms with Crippen LogP contribution < -0.4 is 0 Å². The number of carbonyl (C=O) groups excluding carboxylic acids is 2. The highest BCUT2D eigenvalue weighted by Crippen LogP contribution is 2.56. The summed E-state index contributed by atoms with van der Waals surface area (Å²) in [7, 11) is 5.57. The SMILES string of the molecule is COC(=O)C1=C[C@@]2(OC)C(=O)C(OC)(OC)[C@@H]1C[C@@H]2c1ccccc1. The summed E-state index contributed by atoms with van der Waals surface area (Å²) in [6.07, 6.45) is 2.05. The molecule has 1 saturated carbocycles. The lowest BCUT2D eigenvalue weighted by atomic mass is 9.57. The fourth-order valence-electron chi connectivity index (χ4n) is 4.22. The van der Waals surface area contributed by atoms with Crippen LogP contribution in [0.1, 0.15) is 17.9 Å². The molecule has 0 radical (unpaired) electrons. The molecule has 1 fully saturated rings. The van der Waals surface area contributed by atoms with Crippen molar-refractivity contribution in [3.63, 3.8) is 0 Å². The molecule has 3 aliphatic rings. The number of hydrogen-bond donors (Lipinski definition) is 0. The van der Waals surface area contributed by atoms with Crippen molar-refractivity contribution < 1.29 is 28.5 Å². The lowest BCUT2D eigenvalue weighted by molar-refractivity contribution is -0.255. The van der Waals surface area contributed by atoms with Crippen LogP contribution in [0.25, 0.3) is 0 Å². The number of rotatable bonds is 5. The minimum atomic E-state index is -1.57. The molecule has 0 heterocycles. The van der Waals surface area contributed by atoms with Gasteiger partial charge in [0, 0.05) is 32.8 Å². The van der Waals surface area contributed by atoms with Crippen LogP contribution in [0.5, 0.6) is 0 Å². The van der Waals surface area contributed by atoms with Crippen molar-refractivity contribution in [1.29, 1.82) is 0 Å². The zero-order valence-corrected chi connectivity index (χ0v) is 14.8. The zero-order valence-electron chi connectivity index (χ0n) is 14.8. The zero-order chi connectivity index (χ0) is 18.2. The average Bonchev–Trinajstić information content (AvgIpc) is 2.68. The first-order valence-electron chi connectivity index (χ1n) is 8.07. The van der Waals surface area contributed by atoms with E-state index in [2.05, 4.69) is 0 Å². The molecule has 6 nitrogen and oxygen atoms in total. The molecule has 1 aromatic rings. The fourth-order valence-corrected chi connectivity index (χ4v) is 4.22. The third-order valence-corrected chi connectivity index (χ3v) is 5.43. The fraction of sp³-hybridized carbons (Fsp3) is 0.474. The predicted octanol–water partition coefficient (Wildman–Crippen LogP) is 1.85. The summed E-state index contributed by atoms with van der Waals surface area (Å²) in [5.74, 6) is -3.25. The molecule has 25 heavy (non-hydrogen) atoms. The molecule has 0 aromatic heterocycles. The Kier molecular flexibility index (Phi) is 4.53. The second-order valence-corrected chi connectivity index (χ2v) is 6.24. The van der Waals surface area contributed by atoms with Crippen molar-refractivity contribution in [2.75, 3.05) is 28.4 Å². The number of Topliss-reactive ketones (excluding diaryl/α,β-unsaturated/α-hetero) is 1. The van der Waals surface area contributed by atoms with Crippen LogP contribution in [0.2, 0.25) is 0 Å². The van der Waals surface area contributed by atoms with Gasteiger partial charge in [-0.15, -0.1) is 0 Å². The quantitative estimate of drug-likeness (QED) is 0.598. The van der Waals surface area contributed by atoms with Crippen molar-refractivity contribution in [2.45, 2.75) is 23.7 Å². The minimum absolute atomic E-state index is 0.247. The molecular weight excluding hydrogens is 324 g/mol. The van der Waals surface area contributed by atoms with E-state index in [0.29, 0.717) is 12.0 Å². The van der Waals surface area contributed by atoms with Gasteiger partial charge in [-0.1, -0.05) is 30.3 Å². The van der Waals surface area contributed by atoms with E-state index < -0.39 is 23.3 Å². The molecule has 2 bridgehead atoms. The Bertz CT molecular complexity index is 706. The van der Waals surface area contributed by atoms with Gasteiger partial charge in [0.05, 0.1) is 13.0 Å². The Morgan fingerprint density at radius 3 is 2.16 bits per heavy atom. The largest absolute Gasteiger partial charge is 0.466 e. The van der Waals surface area contributed by atoms with Crippen LogP contribution in [-0.2, 0) is 28.5 Å². The smallest absolute Gasteiger partial charge is 0.334 e. The number of carbonyl (C=O) groups is 2. The standard InChI is InChI=1S/C19H22O6/c1-22-16(20)13-11-18(23-2)14(12-8-6-5-7-9-12)10-15(13)19(24-3,25-4)17(18)21/h5-9,11,14-15H,10H2,1-4H3/t14-,15-,18+/m1/s1. The Hall–Kier alpha value is -2.02. The molecule has 6 heteroatoms. The number of esters is 1. The normalized spacial score (nSPS) is 30.1. The summed E-state index contributed by atoms with van der Waals surface area (Å²) in [6.45, 7) is 0. The van der Waals surface area contributed by atoms with Gasteiger partial charge in [-0.3, -0.25) is 4.79 Å². The van der Waals surface area contributed by atoms with E-state index in [9.17, 15) is 9.59 Å². The van der Waals surface area contributed by atoms with Crippen LogP contribution in [0.3, 0.4) is 0 Å². The molecule has 3 atom stereocenters. The highest BCUT2D eigenvalue weighted by atomic mass is 16.7. The number of benzene rings is 1. The lowest BCUT2D eigenvalue weighted by Gasteiger charge is -2.55. The Labute approximate surface area is 146 Å². The number of methoxy groups -OCH3 is 4. The van der Waals surface area contributed by atoms with Gasteiger partial charge in [0.1, 0.15) is 0 Å². The number of ether oxygens (including phenoxy) is 4. The number of fused-ring (bicyclic) bond motifs is 2. The van der Waals surface area contributed by atoms with E-state index in [1.165, 1.54) is 28.4 Å². The van der Waals surface area contributed by atoms with Crippen LogP contribution in [-0.4, -0.2) is 51.6 Å². The van der Waals surface area contributed by atoms with Gasteiger partial charge in [0.2, 0.25) is 11.6 Å². The number of ketones is 1. The van der Waals surface area contributed by atoms with Gasteiger partial charge in [0.15, 0.2) is 5.60 Å². The predicted molar refractivity (Wildman–Crippen MR) is 88.9 cm³/mol. The average molecular weight is 346 g/mol. The molecule has 3 aliphatic carbocycles. The Morgan fingerprint density at radius 1 is 1.00 bits per heavy atom. The maximum Gasteiger partial charge on any atom is 0.334 e. The Morgan fingerprint density at radius 2 is 1.64 bits per heavy atom. The van der Waals surface area contributed by atoms with Gasteiger partial charge in [-0.25, -0.2) is 4.79 Å². The van der Waals surface area contributed by atoms with E-state index in [1.807, 2.05) is 30.3 Å². The van der Waals surface area contributed by atoms with Crippen LogP contribution >= 0.6 is 0 Å². The molecule has 0 unspecified atom stereocenters. The molecule has 0 aliphatic heterocycles. The van der Waals surface area contributed by atoms with Gasteiger partial charge in [-0.2, -0.15) is 0 Å². The molecule has 4 rings (SSSR count). The van der Waals surface area contributed by atoms with E-state index in [0.717, 1.165) is 5.56 Å². The molecule has 0 amide bonds. The molecule has 0 saturated heterocycles. The van der Waals surface area contributed by atoms with Crippen molar-refractivity contribution >= 4 is 11.8 Å². The maximum absolute atomic E-state index is 13.4. The van der Waals surface area contributed by atoms with E-state index in [4.69, 9.17) is 18.9 Å². The highest BCUT2D eigenvalue weighted by Gasteiger charge is 2.68. The molecule has 0 N–H and O–H groups in total. The molecule has 134 valence electrons. The van der Waals surface area contributed by atoms with Gasteiger partial charge in [-0.05, 0) is 18.1 Å². The summed E-state index contributed by atoms with van der Waals surface area (Å²) in [5, 5.41) is 0. The second kappa shape index (κ2) is 6.37. The van der Waals surface area contributed by atoms with E-state index in [1.54, 1.807) is 6.08 Å². The van der Waals surface area contributed by atoms with Crippen LogP contribution in [0, 0.1) is 5.92 Å². The summed E-state index contributed by atoms with van der Waals surface area (Å²) in [4.78, 5) is 25.7. The van der Waals surface area contributed by atoms with E-state index >= 15 is 0 Å². The molecule has 1 aromatic carbocycles. The summed E-state index contributed by atoms with van der Waals surface area (Å²) < 4.78 is 21.7. The van der Waals surface area contributed by atoms with Crippen molar-refractivity contribution in [3.8, 4) is 0 Å². The van der Waals surface area contributed by atoms with Crippen molar-refractivity contribution in [1.82, 2.24) is 0 Å². The van der Waals surface area contributed by atoms with Crippen molar-refractivity contribution in [3.05, 3.63) is 47.5 Å².